The van der Waals surface area contributed by atoms with Crippen LogP contribution in [-0.2, 0) is 9.53 Å². The Labute approximate surface area is 149 Å². The van der Waals surface area contributed by atoms with Gasteiger partial charge in [0.2, 0.25) is 5.90 Å². The van der Waals surface area contributed by atoms with E-state index in [2.05, 4.69) is 4.99 Å². The van der Waals surface area contributed by atoms with Gasteiger partial charge >= 0.3 is 5.97 Å². The van der Waals surface area contributed by atoms with Gasteiger partial charge < -0.3 is 9.47 Å². The van der Waals surface area contributed by atoms with Crippen molar-refractivity contribution in [1.82, 2.24) is 0 Å². The second kappa shape index (κ2) is 7.43. The van der Waals surface area contributed by atoms with Crippen molar-refractivity contribution in [3.05, 3.63) is 81.5 Å². The maximum Gasteiger partial charge on any atom is 0.363 e. The van der Waals surface area contributed by atoms with Crippen LogP contribution in [0.15, 0.2) is 65.3 Å². The number of ether oxygens (including phenoxy) is 2. The number of hydrogen-bond donors (Lipinski definition) is 0. The third-order valence-corrected chi connectivity index (χ3v) is 3.58. The van der Waals surface area contributed by atoms with E-state index in [1.165, 1.54) is 18.2 Å². The molecule has 0 radical (unpaired) electrons. The van der Waals surface area contributed by atoms with E-state index < -0.39 is 10.9 Å². The predicted molar refractivity (Wildman–Crippen MR) is 96.6 cm³/mol. The molecular weight excluding hydrogens is 336 g/mol. The number of nitro benzene ring substituents is 1. The average molecular weight is 350 g/mol. The summed E-state index contributed by atoms with van der Waals surface area (Å²) in [7, 11) is 1.58. The SMILES string of the molecule is COc1ccc(/C=C2N=C(/C=C/c3ccc([N+](=O)[O-])cc3)OC/2=O)cc1. The Balaban J connectivity index is 1.74. The lowest BCUT2D eigenvalue weighted by molar-refractivity contribution is -0.384. The van der Waals surface area contributed by atoms with E-state index in [0.29, 0.717) is 0 Å². The van der Waals surface area contributed by atoms with Crippen LogP contribution in [0.2, 0.25) is 0 Å². The highest BCUT2D eigenvalue weighted by Gasteiger charge is 2.21. The van der Waals surface area contributed by atoms with Crippen LogP contribution in [0, 0.1) is 10.1 Å². The molecule has 130 valence electrons. The molecule has 1 aliphatic heterocycles. The Morgan fingerprint density at radius 1 is 1.04 bits per heavy atom. The fourth-order valence-corrected chi connectivity index (χ4v) is 2.23. The molecule has 0 aromatic heterocycles. The summed E-state index contributed by atoms with van der Waals surface area (Å²) in [5, 5.41) is 10.6. The van der Waals surface area contributed by atoms with Crippen molar-refractivity contribution in [2.24, 2.45) is 4.99 Å². The average Bonchev–Trinajstić information content (AvgIpc) is 3.00. The van der Waals surface area contributed by atoms with Gasteiger partial charge in [-0.2, -0.15) is 0 Å². The fourth-order valence-electron chi connectivity index (χ4n) is 2.23. The highest BCUT2D eigenvalue weighted by Crippen LogP contribution is 2.19. The van der Waals surface area contributed by atoms with E-state index in [4.69, 9.17) is 9.47 Å². The van der Waals surface area contributed by atoms with E-state index in [1.54, 1.807) is 55.7 Å². The van der Waals surface area contributed by atoms with Crippen LogP contribution < -0.4 is 4.74 Å². The summed E-state index contributed by atoms with van der Waals surface area (Å²) in [5.41, 5.74) is 1.72. The molecule has 0 saturated heterocycles. The molecule has 1 aliphatic rings. The molecule has 0 aliphatic carbocycles. The van der Waals surface area contributed by atoms with Crippen LogP contribution in [0.4, 0.5) is 5.69 Å². The van der Waals surface area contributed by atoms with Crippen molar-refractivity contribution in [1.29, 1.82) is 0 Å². The van der Waals surface area contributed by atoms with Gasteiger partial charge in [-0.3, -0.25) is 10.1 Å². The lowest BCUT2D eigenvalue weighted by Gasteiger charge is -1.99. The molecule has 7 heteroatoms. The van der Waals surface area contributed by atoms with E-state index in [1.807, 2.05) is 0 Å². The number of carbonyl (C=O) groups excluding carboxylic acids is 1. The van der Waals surface area contributed by atoms with Gasteiger partial charge in [-0.15, -0.1) is 0 Å². The van der Waals surface area contributed by atoms with Crippen LogP contribution in [0.25, 0.3) is 12.2 Å². The summed E-state index contributed by atoms with van der Waals surface area (Å²) in [6.45, 7) is 0. The predicted octanol–water partition coefficient (Wildman–Crippen LogP) is 3.61. The first-order valence-corrected chi connectivity index (χ1v) is 7.64. The molecule has 2 aromatic carbocycles. The van der Waals surface area contributed by atoms with E-state index in [9.17, 15) is 14.9 Å². The summed E-state index contributed by atoms with van der Waals surface area (Å²) in [5.74, 6) is 0.341. The molecule has 0 unspecified atom stereocenters. The van der Waals surface area contributed by atoms with Crippen LogP contribution in [0.1, 0.15) is 11.1 Å². The van der Waals surface area contributed by atoms with Gasteiger partial charge in [-0.05, 0) is 47.5 Å². The largest absolute Gasteiger partial charge is 0.497 e. The number of nitro groups is 1. The number of cyclic esters (lactones) is 1. The molecular formula is C19H14N2O5. The number of carbonyl (C=O) groups is 1. The highest BCUT2D eigenvalue weighted by molar-refractivity contribution is 6.11. The van der Waals surface area contributed by atoms with Gasteiger partial charge in [0.25, 0.3) is 5.69 Å². The van der Waals surface area contributed by atoms with Crippen molar-refractivity contribution in [2.45, 2.75) is 0 Å². The molecule has 26 heavy (non-hydrogen) atoms. The van der Waals surface area contributed by atoms with Crippen LogP contribution in [0.3, 0.4) is 0 Å². The van der Waals surface area contributed by atoms with E-state index in [-0.39, 0.29) is 17.3 Å². The number of esters is 1. The molecule has 1 heterocycles. The molecule has 0 atom stereocenters. The topological polar surface area (TPSA) is 91.0 Å². The van der Waals surface area contributed by atoms with Gasteiger partial charge in [0.1, 0.15) is 5.75 Å². The van der Waals surface area contributed by atoms with E-state index in [0.717, 1.165) is 16.9 Å². The number of benzene rings is 2. The molecule has 0 amide bonds. The molecule has 0 bridgehead atoms. The fraction of sp³-hybridized carbons (Fsp3) is 0.0526. The first-order valence-electron chi connectivity index (χ1n) is 7.64. The zero-order valence-corrected chi connectivity index (χ0v) is 13.8. The minimum Gasteiger partial charge on any atom is -0.497 e. The zero-order valence-electron chi connectivity index (χ0n) is 13.8. The minimum atomic E-state index is -0.538. The second-order valence-corrected chi connectivity index (χ2v) is 5.32. The van der Waals surface area contributed by atoms with Gasteiger partial charge in [-0.1, -0.05) is 12.1 Å². The smallest absolute Gasteiger partial charge is 0.363 e. The van der Waals surface area contributed by atoms with E-state index >= 15 is 0 Å². The molecule has 3 rings (SSSR count). The first kappa shape index (κ1) is 17.1. The van der Waals surface area contributed by atoms with Gasteiger partial charge in [0.15, 0.2) is 5.70 Å². The monoisotopic (exact) mass is 350 g/mol. The van der Waals surface area contributed by atoms with Gasteiger partial charge in [0.05, 0.1) is 12.0 Å². The first-order chi connectivity index (χ1) is 12.5. The Hall–Kier alpha value is -3.74. The van der Waals surface area contributed by atoms with Crippen LogP contribution in [0.5, 0.6) is 5.75 Å². The van der Waals surface area contributed by atoms with Crippen molar-refractivity contribution in [3.8, 4) is 5.75 Å². The van der Waals surface area contributed by atoms with Crippen molar-refractivity contribution in [2.75, 3.05) is 7.11 Å². The molecule has 0 saturated carbocycles. The molecule has 0 fully saturated rings. The summed E-state index contributed by atoms with van der Waals surface area (Å²) < 4.78 is 10.2. The molecule has 0 N–H and O–H groups in total. The zero-order chi connectivity index (χ0) is 18.5. The summed E-state index contributed by atoms with van der Waals surface area (Å²) in [6, 6.07) is 13.2. The highest BCUT2D eigenvalue weighted by atomic mass is 16.6. The Bertz CT molecular complexity index is 925. The van der Waals surface area contributed by atoms with Crippen molar-refractivity contribution < 1.29 is 19.2 Å². The number of nitrogens with zero attached hydrogens (tertiary/aromatic N) is 2. The quantitative estimate of drug-likeness (QED) is 0.355. The molecule has 2 aromatic rings. The lowest BCUT2D eigenvalue weighted by Crippen LogP contribution is -2.01. The third kappa shape index (κ3) is 4.02. The summed E-state index contributed by atoms with van der Waals surface area (Å²) in [6.07, 6.45) is 4.81. The molecule has 0 spiro atoms. The summed E-state index contributed by atoms with van der Waals surface area (Å²) >= 11 is 0. The Kier molecular flexibility index (Phi) is 4.89. The number of non-ortho nitro benzene ring substituents is 1. The maximum absolute atomic E-state index is 11.9. The standard InChI is InChI=1S/C19H14N2O5/c1-25-16-9-4-14(5-10-16)12-17-19(22)26-18(20-17)11-6-13-2-7-15(8-3-13)21(23)24/h2-12H,1H3/b11-6+,17-12+. The Morgan fingerprint density at radius 3 is 2.31 bits per heavy atom. The van der Waals surface area contributed by atoms with Crippen LogP contribution >= 0.6 is 0 Å². The number of methoxy groups -OCH3 is 1. The third-order valence-electron chi connectivity index (χ3n) is 3.58. The minimum absolute atomic E-state index is 0.0106. The summed E-state index contributed by atoms with van der Waals surface area (Å²) in [4.78, 5) is 26.2. The number of hydrogen-bond acceptors (Lipinski definition) is 6. The van der Waals surface area contributed by atoms with Gasteiger partial charge in [-0.25, -0.2) is 9.79 Å². The molecule has 7 nitrogen and oxygen atoms in total. The van der Waals surface area contributed by atoms with Crippen LogP contribution in [-0.4, -0.2) is 23.9 Å². The normalized spacial score (nSPS) is 15.2. The van der Waals surface area contributed by atoms with Crippen molar-refractivity contribution >= 4 is 29.7 Å². The second-order valence-electron chi connectivity index (χ2n) is 5.32. The number of rotatable bonds is 5. The van der Waals surface area contributed by atoms with Gasteiger partial charge in [0, 0.05) is 18.2 Å². The Morgan fingerprint density at radius 2 is 1.69 bits per heavy atom. The van der Waals surface area contributed by atoms with Crippen molar-refractivity contribution in [3.63, 3.8) is 0 Å². The maximum atomic E-state index is 11.9. The lowest BCUT2D eigenvalue weighted by atomic mass is 10.2. The number of aliphatic imine (C=N–C) groups is 1.